The minimum atomic E-state index is -0.748. The molecule has 18 heavy (non-hydrogen) atoms. The Kier molecular flexibility index (Phi) is 5.12. The number of hydrogen-bond donors (Lipinski definition) is 3. The Hall–Kier alpha value is -1.59. The molecule has 2 atom stereocenters. The second-order valence-electron chi connectivity index (χ2n) is 4.29. The molecule has 0 spiro atoms. The first kappa shape index (κ1) is 14.5. The minimum absolute atomic E-state index is 0.240. The first-order valence-corrected chi connectivity index (χ1v) is 5.81. The summed E-state index contributed by atoms with van der Waals surface area (Å²) >= 11 is 0. The Balaban J connectivity index is 2.74. The number of aliphatic hydroxyl groups is 1. The van der Waals surface area contributed by atoms with E-state index in [0.29, 0.717) is 11.3 Å². The van der Waals surface area contributed by atoms with Gasteiger partial charge >= 0.3 is 0 Å². The number of aliphatic hydroxyl groups excluding tert-OH is 1. The zero-order valence-corrected chi connectivity index (χ0v) is 10.9. The lowest BCUT2D eigenvalue weighted by atomic mass is 10.0. The third-order valence-electron chi connectivity index (χ3n) is 2.79. The average molecular weight is 252 g/mol. The standard InChI is InChI=1S/C13H20N2O3/c1-8-4-5-12(18-3)10(6-8)11(16)7-15-9(2)13(14)17/h4-6,9,11,15-16H,7H2,1-3H3,(H2,14,17). The van der Waals surface area contributed by atoms with Gasteiger partial charge in [0.1, 0.15) is 5.75 Å². The van der Waals surface area contributed by atoms with Crippen molar-refractivity contribution in [1.29, 1.82) is 0 Å². The van der Waals surface area contributed by atoms with E-state index in [1.54, 1.807) is 14.0 Å². The Bertz CT molecular complexity index is 421. The Morgan fingerprint density at radius 2 is 2.22 bits per heavy atom. The van der Waals surface area contributed by atoms with Gasteiger partial charge in [-0.3, -0.25) is 4.79 Å². The van der Waals surface area contributed by atoms with E-state index in [-0.39, 0.29) is 6.54 Å². The second-order valence-corrected chi connectivity index (χ2v) is 4.29. The molecule has 1 amide bonds. The van der Waals surface area contributed by atoms with Crippen molar-refractivity contribution in [2.45, 2.75) is 26.0 Å². The molecule has 2 unspecified atom stereocenters. The molecule has 0 fully saturated rings. The quantitative estimate of drug-likeness (QED) is 0.688. The van der Waals surface area contributed by atoms with Crippen LogP contribution in [-0.2, 0) is 4.79 Å². The molecule has 0 saturated carbocycles. The molecule has 1 rings (SSSR count). The molecule has 0 aromatic heterocycles. The molecule has 0 saturated heterocycles. The van der Waals surface area contributed by atoms with E-state index in [4.69, 9.17) is 10.5 Å². The van der Waals surface area contributed by atoms with Crippen LogP contribution in [0.4, 0.5) is 0 Å². The third kappa shape index (κ3) is 3.72. The van der Waals surface area contributed by atoms with Gasteiger partial charge in [0.05, 0.1) is 19.3 Å². The predicted molar refractivity (Wildman–Crippen MR) is 69.3 cm³/mol. The van der Waals surface area contributed by atoms with Crippen LogP contribution < -0.4 is 15.8 Å². The van der Waals surface area contributed by atoms with Crippen molar-refractivity contribution >= 4 is 5.91 Å². The monoisotopic (exact) mass is 252 g/mol. The highest BCUT2D eigenvalue weighted by atomic mass is 16.5. The van der Waals surface area contributed by atoms with Crippen LogP contribution >= 0.6 is 0 Å². The molecule has 0 aliphatic heterocycles. The number of benzene rings is 1. The summed E-state index contributed by atoms with van der Waals surface area (Å²) in [6, 6.07) is 5.11. The summed E-state index contributed by atoms with van der Waals surface area (Å²) in [5.41, 5.74) is 6.86. The summed E-state index contributed by atoms with van der Waals surface area (Å²) in [5, 5.41) is 13.0. The third-order valence-corrected chi connectivity index (χ3v) is 2.79. The highest BCUT2D eigenvalue weighted by Gasteiger charge is 2.16. The van der Waals surface area contributed by atoms with Crippen molar-refractivity contribution < 1.29 is 14.6 Å². The van der Waals surface area contributed by atoms with Gasteiger partial charge in [-0.15, -0.1) is 0 Å². The normalized spacial score (nSPS) is 14.0. The molecule has 5 nitrogen and oxygen atoms in total. The molecular formula is C13H20N2O3. The van der Waals surface area contributed by atoms with Gasteiger partial charge in [0, 0.05) is 12.1 Å². The van der Waals surface area contributed by atoms with Crippen molar-refractivity contribution in [3.63, 3.8) is 0 Å². The van der Waals surface area contributed by atoms with Crippen LogP contribution in [0.2, 0.25) is 0 Å². The molecular weight excluding hydrogens is 232 g/mol. The number of nitrogens with two attached hydrogens (primary N) is 1. The number of primary amides is 1. The van der Waals surface area contributed by atoms with Crippen LogP contribution in [0.3, 0.4) is 0 Å². The Labute approximate surface area is 107 Å². The van der Waals surface area contributed by atoms with Crippen LogP contribution in [0.25, 0.3) is 0 Å². The lowest BCUT2D eigenvalue weighted by molar-refractivity contribution is -0.119. The fourth-order valence-corrected chi connectivity index (χ4v) is 1.61. The van der Waals surface area contributed by atoms with Crippen molar-refractivity contribution in [3.8, 4) is 5.75 Å². The topological polar surface area (TPSA) is 84.6 Å². The van der Waals surface area contributed by atoms with Crippen molar-refractivity contribution in [1.82, 2.24) is 5.32 Å². The first-order valence-electron chi connectivity index (χ1n) is 5.81. The molecule has 4 N–H and O–H groups in total. The van der Waals surface area contributed by atoms with Gasteiger partial charge in [-0.1, -0.05) is 11.6 Å². The van der Waals surface area contributed by atoms with Crippen LogP contribution in [-0.4, -0.2) is 30.7 Å². The lowest BCUT2D eigenvalue weighted by Crippen LogP contribution is -2.40. The van der Waals surface area contributed by atoms with Gasteiger partial charge in [0.2, 0.25) is 5.91 Å². The number of carbonyl (C=O) groups excluding carboxylic acids is 1. The van der Waals surface area contributed by atoms with Crippen LogP contribution in [0.1, 0.15) is 24.2 Å². The van der Waals surface area contributed by atoms with E-state index >= 15 is 0 Å². The molecule has 0 radical (unpaired) electrons. The zero-order chi connectivity index (χ0) is 13.7. The predicted octanol–water partition coefficient (Wildman–Crippen LogP) is 0.500. The summed E-state index contributed by atoms with van der Waals surface area (Å²) in [7, 11) is 1.56. The van der Waals surface area contributed by atoms with E-state index in [2.05, 4.69) is 5.32 Å². The fraction of sp³-hybridized carbons (Fsp3) is 0.462. The van der Waals surface area contributed by atoms with Gasteiger partial charge in [-0.05, 0) is 26.0 Å². The lowest BCUT2D eigenvalue weighted by Gasteiger charge is -2.18. The molecule has 1 aromatic rings. The number of nitrogens with one attached hydrogen (secondary N) is 1. The van der Waals surface area contributed by atoms with Crippen LogP contribution in [0.15, 0.2) is 18.2 Å². The molecule has 1 aromatic carbocycles. The van der Waals surface area contributed by atoms with E-state index in [1.165, 1.54) is 0 Å². The van der Waals surface area contributed by atoms with Crippen molar-refractivity contribution in [2.75, 3.05) is 13.7 Å². The number of ether oxygens (including phenoxy) is 1. The summed E-state index contributed by atoms with van der Waals surface area (Å²) in [4.78, 5) is 10.9. The van der Waals surface area contributed by atoms with Gasteiger partial charge in [0.15, 0.2) is 0 Å². The average Bonchev–Trinajstić information content (AvgIpc) is 2.35. The summed E-state index contributed by atoms with van der Waals surface area (Å²) < 4.78 is 5.20. The Morgan fingerprint density at radius 3 is 2.78 bits per heavy atom. The SMILES string of the molecule is COc1ccc(C)cc1C(O)CNC(C)C(N)=O. The molecule has 0 aliphatic rings. The van der Waals surface area contributed by atoms with Crippen molar-refractivity contribution in [3.05, 3.63) is 29.3 Å². The molecule has 5 heteroatoms. The van der Waals surface area contributed by atoms with Crippen LogP contribution in [0, 0.1) is 6.92 Å². The number of methoxy groups -OCH3 is 1. The number of carbonyl (C=O) groups is 1. The summed E-state index contributed by atoms with van der Waals surface area (Å²) in [5.74, 6) is 0.181. The minimum Gasteiger partial charge on any atom is -0.496 e. The van der Waals surface area contributed by atoms with E-state index in [0.717, 1.165) is 5.56 Å². The molecule has 100 valence electrons. The number of amides is 1. The maximum atomic E-state index is 10.9. The van der Waals surface area contributed by atoms with E-state index < -0.39 is 18.1 Å². The van der Waals surface area contributed by atoms with E-state index in [1.807, 2.05) is 25.1 Å². The van der Waals surface area contributed by atoms with Crippen LogP contribution in [0.5, 0.6) is 5.75 Å². The van der Waals surface area contributed by atoms with Crippen molar-refractivity contribution in [2.24, 2.45) is 5.73 Å². The van der Waals surface area contributed by atoms with Gasteiger partial charge in [-0.2, -0.15) is 0 Å². The Morgan fingerprint density at radius 1 is 1.56 bits per heavy atom. The van der Waals surface area contributed by atoms with Gasteiger partial charge < -0.3 is 20.9 Å². The zero-order valence-electron chi connectivity index (χ0n) is 10.9. The summed E-state index contributed by atoms with van der Waals surface area (Å²) in [6.07, 6.45) is -0.748. The highest BCUT2D eigenvalue weighted by Crippen LogP contribution is 2.25. The molecule has 0 heterocycles. The number of aryl methyl sites for hydroxylation is 1. The molecule has 0 aliphatic carbocycles. The van der Waals surface area contributed by atoms with Gasteiger partial charge in [-0.25, -0.2) is 0 Å². The van der Waals surface area contributed by atoms with Gasteiger partial charge in [0.25, 0.3) is 0 Å². The highest BCUT2D eigenvalue weighted by molar-refractivity contribution is 5.79. The smallest absolute Gasteiger partial charge is 0.234 e. The fourth-order valence-electron chi connectivity index (χ4n) is 1.61. The molecule has 0 bridgehead atoms. The largest absolute Gasteiger partial charge is 0.496 e. The number of rotatable bonds is 6. The maximum Gasteiger partial charge on any atom is 0.234 e. The first-order chi connectivity index (χ1) is 8.45. The number of hydrogen-bond acceptors (Lipinski definition) is 4. The summed E-state index contributed by atoms with van der Waals surface area (Å²) in [6.45, 7) is 3.83. The maximum absolute atomic E-state index is 10.9. The second kappa shape index (κ2) is 6.37. The van der Waals surface area contributed by atoms with E-state index in [9.17, 15) is 9.90 Å².